The summed E-state index contributed by atoms with van der Waals surface area (Å²) in [5, 5.41) is 0. The molecule has 1 saturated heterocycles. The van der Waals surface area contributed by atoms with Crippen LogP contribution in [0.3, 0.4) is 0 Å². The van der Waals surface area contributed by atoms with Crippen molar-refractivity contribution < 1.29 is 23.8 Å². The van der Waals surface area contributed by atoms with Crippen LogP contribution in [-0.4, -0.2) is 35.3 Å². The summed E-state index contributed by atoms with van der Waals surface area (Å²) in [5.41, 5.74) is -0.577. The first-order valence-corrected chi connectivity index (χ1v) is 11.3. The Morgan fingerprint density at radius 1 is 0.897 bits per heavy atom. The van der Waals surface area contributed by atoms with Gasteiger partial charge >= 0.3 is 11.9 Å². The minimum atomic E-state index is -0.454. The van der Waals surface area contributed by atoms with E-state index >= 15 is 0 Å². The fourth-order valence-electron chi connectivity index (χ4n) is 7.33. The van der Waals surface area contributed by atoms with E-state index in [1.807, 2.05) is 6.92 Å². The van der Waals surface area contributed by atoms with Crippen LogP contribution in [0.15, 0.2) is 0 Å². The van der Waals surface area contributed by atoms with E-state index < -0.39 is 5.60 Å². The average Bonchev–Trinajstić information content (AvgIpc) is 2.55. The van der Waals surface area contributed by atoms with Crippen LogP contribution in [-0.2, 0) is 23.8 Å². The summed E-state index contributed by atoms with van der Waals surface area (Å²) in [4.78, 5) is 23.2. The molecule has 7 atom stereocenters. The van der Waals surface area contributed by atoms with Crippen LogP contribution in [0.2, 0.25) is 0 Å². The first-order chi connectivity index (χ1) is 13.2. The van der Waals surface area contributed by atoms with Crippen molar-refractivity contribution >= 4 is 11.9 Å². The molecule has 0 unspecified atom stereocenters. The molecule has 29 heavy (non-hydrogen) atoms. The third-order valence-electron chi connectivity index (χ3n) is 8.84. The molecular formula is C24H40O5. The van der Waals surface area contributed by atoms with Crippen molar-refractivity contribution in [2.75, 3.05) is 0 Å². The summed E-state index contributed by atoms with van der Waals surface area (Å²) in [6, 6.07) is 0. The Balaban J connectivity index is 1.85. The third-order valence-corrected chi connectivity index (χ3v) is 8.84. The number of rotatable bonds is 3. The summed E-state index contributed by atoms with van der Waals surface area (Å²) < 4.78 is 18.1. The van der Waals surface area contributed by atoms with E-state index in [0.717, 1.165) is 38.5 Å². The number of hydrogen-bond acceptors (Lipinski definition) is 5. The van der Waals surface area contributed by atoms with Crippen LogP contribution in [0.5, 0.6) is 0 Å². The Labute approximate surface area is 176 Å². The Morgan fingerprint density at radius 2 is 1.52 bits per heavy atom. The minimum Gasteiger partial charge on any atom is -0.462 e. The van der Waals surface area contributed by atoms with Crippen molar-refractivity contribution in [2.24, 2.45) is 22.7 Å². The van der Waals surface area contributed by atoms with Gasteiger partial charge in [-0.15, -0.1) is 0 Å². The maximum absolute atomic E-state index is 11.7. The van der Waals surface area contributed by atoms with E-state index in [2.05, 4.69) is 34.6 Å². The fourth-order valence-corrected chi connectivity index (χ4v) is 7.33. The normalized spacial score (nSPS) is 44.8. The van der Waals surface area contributed by atoms with Gasteiger partial charge in [0.25, 0.3) is 0 Å². The Hall–Kier alpha value is -1.10. The first-order valence-electron chi connectivity index (χ1n) is 11.3. The smallest absolute Gasteiger partial charge is 0.302 e. The van der Waals surface area contributed by atoms with Gasteiger partial charge < -0.3 is 14.2 Å². The van der Waals surface area contributed by atoms with Crippen molar-refractivity contribution in [2.45, 2.75) is 117 Å². The standard InChI is InChI=1S/C24H40O5/c1-15(27-16(2)25)23(7)13-10-19-22(6)12-11-20(28-17(3)26)21(4,5)18(22)9-14-24(19,8)29-23/h15,18-20H,9-14H2,1-8H3/t15-,18+,19-,20+,22+,23+,24-/m0/s1. The number of hydrogen-bond donors (Lipinski definition) is 0. The summed E-state index contributed by atoms with van der Waals surface area (Å²) in [6.45, 7) is 16.3. The molecule has 0 aromatic heterocycles. The third kappa shape index (κ3) is 3.73. The molecule has 0 radical (unpaired) electrons. The predicted molar refractivity (Wildman–Crippen MR) is 111 cm³/mol. The predicted octanol–water partition coefficient (Wildman–Crippen LogP) is 5.05. The molecule has 2 aliphatic carbocycles. The highest BCUT2D eigenvalue weighted by atomic mass is 16.6. The van der Waals surface area contributed by atoms with Gasteiger partial charge in [-0.3, -0.25) is 9.59 Å². The molecule has 0 aromatic carbocycles. The van der Waals surface area contributed by atoms with E-state index in [1.54, 1.807) is 0 Å². The van der Waals surface area contributed by atoms with Crippen LogP contribution < -0.4 is 0 Å². The minimum absolute atomic E-state index is 0.0128. The van der Waals surface area contributed by atoms with Crippen LogP contribution in [0.4, 0.5) is 0 Å². The molecule has 2 saturated carbocycles. The lowest BCUT2D eigenvalue weighted by Crippen LogP contribution is -2.66. The fraction of sp³-hybridized carbons (Fsp3) is 0.917. The molecular weight excluding hydrogens is 368 g/mol. The zero-order chi connectivity index (χ0) is 21.8. The molecule has 0 bridgehead atoms. The number of ether oxygens (including phenoxy) is 3. The lowest BCUT2D eigenvalue weighted by Gasteiger charge is -2.66. The SMILES string of the molecule is CC(=O)O[C@@H](C)[C@@]1(C)CC[C@H]2[C@]3(C)CC[C@@H](OC(C)=O)C(C)(C)[C@H]3CC[C@]2(C)O1. The van der Waals surface area contributed by atoms with Crippen molar-refractivity contribution in [1.29, 1.82) is 0 Å². The largest absolute Gasteiger partial charge is 0.462 e. The number of esters is 2. The second kappa shape index (κ2) is 7.25. The molecule has 1 aliphatic heterocycles. The molecule has 5 nitrogen and oxygen atoms in total. The highest BCUT2D eigenvalue weighted by Crippen LogP contribution is 2.66. The highest BCUT2D eigenvalue weighted by Gasteiger charge is 2.64. The zero-order valence-electron chi connectivity index (χ0n) is 19.6. The summed E-state index contributed by atoms with van der Waals surface area (Å²) >= 11 is 0. The maximum Gasteiger partial charge on any atom is 0.302 e. The van der Waals surface area contributed by atoms with E-state index in [0.29, 0.717) is 11.8 Å². The highest BCUT2D eigenvalue weighted by molar-refractivity contribution is 5.66. The van der Waals surface area contributed by atoms with E-state index in [4.69, 9.17) is 14.2 Å². The van der Waals surface area contributed by atoms with E-state index in [9.17, 15) is 9.59 Å². The molecule has 0 spiro atoms. The lowest BCUT2D eigenvalue weighted by molar-refractivity contribution is -0.291. The van der Waals surface area contributed by atoms with Gasteiger partial charge in [0.15, 0.2) is 0 Å². The van der Waals surface area contributed by atoms with Crippen molar-refractivity contribution in [3.63, 3.8) is 0 Å². The second-order valence-corrected chi connectivity index (χ2v) is 11.1. The number of fused-ring (bicyclic) bond motifs is 3. The Kier molecular flexibility index (Phi) is 5.64. The monoisotopic (exact) mass is 408 g/mol. The van der Waals surface area contributed by atoms with E-state index in [1.165, 1.54) is 13.8 Å². The molecule has 3 fully saturated rings. The van der Waals surface area contributed by atoms with Gasteiger partial charge in [0, 0.05) is 19.3 Å². The van der Waals surface area contributed by atoms with Crippen LogP contribution in [0, 0.1) is 22.7 Å². The molecule has 5 heteroatoms. The maximum atomic E-state index is 11.7. The van der Waals surface area contributed by atoms with Gasteiger partial charge in [-0.25, -0.2) is 0 Å². The molecule has 0 N–H and O–H groups in total. The quantitative estimate of drug-likeness (QED) is 0.612. The van der Waals surface area contributed by atoms with Crippen LogP contribution >= 0.6 is 0 Å². The van der Waals surface area contributed by atoms with Gasteiger partial charge in [-0.1, -0.05) is 20.8 Å². The second-order valence-electron chi connectivity index (χ2n) is 11.1. The zero-order valence-corrected chi connectivity index (χ0v) is 19.6. The first kappa shape index (κ1) is 22.6. The van der Waals surface area contributed by atoms with Gasteiger partial charge in [0.05, 0.1) is 5.60 Å². The molecule has 166 valence electrons. The molecule has 1 heterocycles. The Bertz CT molecular complexity index is 672. The molecule has 3 rings (SSSR count). The summed E-state index contributed by atoms with van der Waals surface area (Å²) in [5.74, 6) is 0.508. The Morgan fingerprint density at radius 3 is 2.10 bits per heavy atom. The van der Waals surface area contributed by atoms with Gasteiger partial charge in [0.2, 0.25) is 0 Å². The van der Waals surface area contributed by atoms with Gasteiger partial charge in [-0.05, 0) is 76.5 Å². The molecule has 0 amide bonds. The molecule has 3 aliphatic rings. The number of carbonyl (C=O) groups excluding carboxylic acids is 2. The molecule has 0 aromatic rings. The summed E-state index contributed by atoms with van der Waals surface area (Å²) in [7, 11) is 0. The van der Waals surface area contributed by atoms with Crippen molar-refractivity contribution in [3.05, 3.63) is 0 Å². The van der Waals surface area contributed by atoms with Crippen LogP contribution in [0.1, 0.15) is 93.9 Å². The van der Waals surface area contributed by atoms with Gasteiger partial charge in [0.1, 0.15) is 17.8 Å². The summed E-state index contributed by atoms with van der Waals surface area (Å²) in [6.07, 6.45) is 5.69. The average molecular weight is 409 g/mol. The van der Waals surface area contributed by atoms with Crippen LogP contribution in [0.25, 0.3) is 0 Å². The number of carbonyl (C=O) groups is 2. The van der Waals surface area contributed by atoms with Gasteiger partial charge in [-0.2, -0.15) is 0 Å². The lowest BCUT2D eigenvalue weighted by atomic mass is 9.43. The van der Waals surface area contributed by atoms with E-state index in [-0.39, 0.29) is 40.6 Å². The van der Waals surface area contributed by atoms with Crippen molar-refractivity contribution in [1.82, 2.24) is 0 Å². The van der Waals surface area contributed by atoms with Crippen molar-refractivity contribution in [3.8, 4) is 0 Å². The topological polar surface area (TPSA) is 61.8 Å².